The molecule has 1 heterocycles. The molecule has 6 nitrogen and oxygen atoms in total. The number of benzene rings is 2. The zero-order valence-electron chi connectivity index (χ0n) is 12.6. The number of hydrogen-bond donors (Lipinski definition) is 1. The lowest BCUT2D eigenvalue weighted by Crippen LogP contribution is -2.40. The Bertz CT molecular complexity index is 797. The van der Waals surface area contributed by atoms with Gasteiger partial charge >= 0.3 is 12.0 Å². The number of fused-ring (bicyclic) bond motifs is 1. The summed E-state index contributed by atoms with van der Waals surface area (Å²) in [5.41, 5.74) is 1.39. The maximum atomic E-state index is 12.6. The molecule has 2 amide bonds. The van der Waals surface area contributed by atoms with Gasteiger partial charge in [0.1, 0.15) is 5.75 Å². The second-order valence-corrected chi connectivity index (χ2v) is 6.44. The SMILES string of the molecule is CN1C(=O)N(c2ccc(Cl)cc2)Sc2ccc(OCC(=O)O)cc21. The van der Waals surface area contributed by atoms with Crippen molar-refractivity contribution in [1.82, 2.24) is 0 Å². The summed E-state index contributed by atoms with van der Waals surface area (Å²) in [6, 6.07) is 11.9. The molecule has 0 radical (unpaired) electrons. The molecule has 0 aromatic heterocycles. The highest BCUT2D eigenvalue weighted by Crippen LogP contribution is 2.42. The largest absolute Gasteiger partial charge is 0.482 e. The van der Waals surface area contributed by atoms with Crippen molar-refractivity contribution in [2.75, 3.05) is 22.9 Å². The van der Waals surface area contributed by atoms with Crippen molar-refractivity contribution in [3.05, 3.63) is 47.5 Å². The second kappa shape index (κ2) is 6.62. The Kier molecular flexibility index (Phi) is 4.55. The number of ether oxygens (including phenoxy) is 1. The summed E-state index contributed by atoms with van der Waals surface area (Å²) in [4.78, 5) is 25.6. The van der Waals surface area contributed by atoms with E-state index in [4.69, 9.17) is 21.4 Å². The predicted octanol–water partition coefficient (Wildman–Crippen LogP) is 3.89. The molecule has 2 aromatic carbocycles. The average Bonchev–Trinajstić information content (AvgIpc) is 2.57. The molecule has 24 heavy (non-hydrogen) atoms. The van der Waals surface area contributed by atoms with E-state index in [9.17, 15) is 9.59 Å². The zero-order valence-corrected chi connectivity index (χ0v) is 14.2. The number of carbonyl (C=O) groups excluding carboxylic acids is 1. The summed E-state index contributed by atoms with van der Waals surface area (Å²) in [6.07, 6.45) is 0. The minimum absolute atomic E-state index is 0.217. The lowest BCUT2D eigenvalue weighted by atomic mass is 10.2. The first kappa shape index (κ1) is 16.5. The highest BCUT2D eigenvalue weighted by atomic mass is 35.5. The number of carboxylic acid groups (broad SMARTS) is 1. The third kappa shape index (κ3) is 3.27. The first-order valence-corrected chi connectivity index (χ1v) is 8.11. The molecule has 0 fully saturated rings. The van der Waals surface area contributed by atoms with Gasteiger partial charge in [-0.2, -0.15) is 0 Å². The van der Waals surface area contributed by atoms with Gasteiger partial charge in [-0.3, -0.25) is 4.90 Å². The molecule has 0 unspecified atom stereocenters. The molecule has 3 rings (SSSR count). The molecule has 0 bridgehead atoms. The van der Waals surface area contributed by atoms with E-state index in [0.717, 1.165) is 10.6 Å². The quantitative estimate of drug-likeness (QED) is 0.833. The Morgan fingerprint density at radius 1 is 1.25 bits per heavy atom. The van der Waals surface area contributed by atoms with E-state index in [2.05, 4.69) is 0 Å². The molecule has 2 aromatic rings. The smallest absolute Gasteiger partial charge is 0.341 e. The van der Waals surface area contributed by atoms with Gasteiger partial charge in [-0.1, -0.05) is 11.6 Å². The molecule has 1 aliphatic rings. The average molecular weight is 365 g/mol. The lowest BCUT2D eigenvalue weighted by Gasteiger charge is -2.33. The minimum atomic E-state index is -1.06. The third-order valence-corrected chi connectivity index (χ3v) is 4.71. The van der Waals surface area contributed by atoms with Gasteiger partial charge in [0.05, 0.1) is 16.3 Å². The molecule has 0 spiro atoms. The van der Waals surface area contributed by atoms with Gasteiger partial charge in [0.25, 0.3) is 0 Å². The zero-order chi connectivity index (χ0) is 17.3. The van der Waals surface area contributed by atoms with Crippen LogP contribution >= 0.6 is 23.5 Å². The van der Waals surface area contributed by atoms with Gasteiger partial charge in [-0.05, 0) is 48.3 Å². The number of rotatable bonds is 4. The number of aliphatic carboxylic acids is 1. The van der Waals surface area contributed by atoms with Crippen molar-refractivity contribution < 1.29 is 19.4 Å². The maximum Gasteiger partial charge on any atom is 0.341 e. The molecule has 0 saturated carbocycles. The van der Waals surface area contributed by atoms with Gasteiger partial charge in [0, 0.05) is 18.1 Å². The minimum Gasteiger partial charge on any atom is -0.482 e. The number of nitrogens with zero attached hydrogens (tertiary/aromatic N) is 2. The number of carbonyl (C=O) groups is 2. The first-order valence-electron chi connectivity index (χ1n) is 6.95. The van der Waals surface area contributed by atoms with Crippen LogP contribution in [0.4, 0.5) is 16.2 Å². The van der Waals surface area contributed by atoms with Crippen molar-refractivity contribution in [1.29, 1.82) is 0 Å². The van der Waals surface area contributed by atoms with Crippen LogP contribution in [0.3, 0.4) is 0 Å². The van der Waals surface area contributed by atoms with Gasteiger partial charge in [-0.15, -0.1) is 0 Å². The first-order chi connectivity index (χ1) is 11.5. The van der Waals surface area contributed by atoms with E-state index in [1.54, 1.807) is 53.8 Å². The van der Waals surface area contributed by atoms with Crippen LogP contribution < -0.4 is 13.9 Å². The summed E-state index contributed by atoms with van der Waals surface area (Å²) in [5, 5.41) is 9.28. The van der Waals surface area contributed by atoms with E-state index < -0.39 is 12.6 Å². The standard InChI is InChI=1S/C16H13ClN2O4S/c1-18-13-8-12(23-9-15(20)21)6-7-14(13)24-19(16(18)22)11-4-2-10(17)3-5-11/h2-8H,9H2,1H3,(H,20,21). The Morgan fingerprint density at radius 2 is 1.96 bits per heavy atom. The van der Waals surface area contributed by atoms with Crippen molar-refractivity contribution in [3.8, 4) is 5.75 Å². The number of amides is 2. The lowest BCUT2D eigenvalue weighted by molar-refractivity contribution is -0.139. The number of urea groups is 1. The molecule has 124 valence electrons. The van der Waals surface area contributed by atoms with E-state index in [0.29, 0.717) is 16.5 Å². The molecule has 0 saturated heterocycles. The molecule has 1 aliphatic heterocycles. The van der Waals surface area contributed by atoms with Gasteiger partial charge in [0.2, 0.25) is 0 Å². The number of carboxylic acids is 1. The molecule has 0 aliphatic carbocycles. The third-order valence-electron chi connectivity index (χ3n) is 3.37. The summed E-state index contributed by atoms with van der Waals surface area (Å²) in [7, 11) is 1.66. The monoisotopic (exact) mass is 364 g/mol. The van der Waals surface area contributed by atoms with Crippen LogP contribution in [-0.4, -0.2) is 30.8 Å². The summed E-state index contributed by atoms with van der Waals surface area (Å²) in [5.74, 6) is -0.656. The van der Waals surface area contributed by atoms with Crippen LogP contribution in [0.15, 0.2) is 47.4 Å². The topological polar surface area (TPSA) is 70.1 Å². The van der Waals surface area contributed by atoms with Gasteiger partial charge in [-0.25, -0.2) is 13.9 Å². The van der Waals surface area contributed by atoms with E-state index in [1.165, 1.54) is 16.8 Å². The maximum absolute atomic E-state index is 12.6. The molecule has 0 atom stereocenters. The van der Waals surface area contributed by atoms with Crippen molar-refractivity contribution >= 4 is 46.9 Å². The van der Waals surface area contributed by atoms with Crippen LogP contribution in [0.2, 0.25) is 5.02 Å². The normalized spacial score (nSPS) is 13.7. The molecule has 1 N–H and O–H groups in total. The highest BCUT2D eigenvalue weighted by molar-refractivity contribution is 8.01. The summed E-state index contributed by atoms with van der Waals surface area (Å²) in [6.45, 7) is -0.430. The van der Waals surface area contributed by atoms with Crippen LogP contribution in [0.25, 0.3) is 0 Å². The fraction of sp³-hybridized carbons (Fsp3) is 0.125. The van der Waals surface area contributed by atoms with E-state index in [1.807, 2.05) is 0 Å². The van der Waals surface area contributed by atoms with Crippen LogP contribution in [0.5, 0.6) is 5.75 Å². The van der Waals surface area contributed by atoms with Crippen LogP contribution in [0, 0.1) is 0 Å². The Hall–Kier alpha value is -2.38. The predicted molar refractivity (Wildman–Crippen MR) is 93.2 cm³/mol. The molecular formula is C16H13ClN2O4S. The van der Waals surface area contributed by atoms with Crippen molar-refractivity contribution in [3.63, 3.8) is 0 Å². The van der Waals surface area contributed by atoms with Crippen LogP contribution in [-0.2, 0) is 4.79 Å². The summed E-state index contributed by atoms with van der Waals surface area (Å²) < 4.78 is 6.73. The highest BCUT2D eigenvalue weighted by Gasteiger charge is 2.30. The molecule has 8 heteroatoms. The Balaban J connectivity index is 1.88. The number of anilines is 2. The second-order valence-electron chi connectivity index (χ2n) is 5.02. The Labute approximate surface area is 147 Å². The number of halogens is 1. The number of hydrogen-bond acceptors (Lipinski definition) is 4. The fourth-order valence-electron chi connectivity index (χ4n) is 2.19. The van der Waals surface area contributed by atoms with Gasteiger partial charge < -0.3 is 9.84 Å². The van der Waals surface area contributed by atoms with E-state index in [-0.39, 0.29) is 6.03 Å². The van der Waals surface area contributed by atoms with Crippen molar-refractivity contribution in [2.24, 2.45) is 0 Å². The van der Waals surface area contributed by atoms with Gasteiger partial charge in [0.15, 0.2) is 6.61 Å². The molecular weight excluding hydrogens is 352 g/mol. The Morgan fingerprint density at radius 3 is 2.62 bits per heavy atom. The fourth-order valence-corrected chi connectivity index (χ4v) is 3.36. The van der Waals surface area contributed by atoms with Crippen molar-refractivity contribution in [2.45, 2.75) is 4.90 Å². The van der Waals surface area contributed by atoms with Crippen LogP contribution in [0.1, 0.15) is 0 Å². The summed E-state index contributed by atoms with van der Waals surface area (Å²) >= 11 is 7.18. The van der Waals surface area contributed by atoms with E-state index >= 15 is 0 Å².